The summed E-state index contributed by atoms with van der Waals surface area (Å²) in [5.74, 6) is -0.798. The molecule has 212 valence electrons. The van der Waals surface area contributed by atoms with E-state index in [0.717, 1.165) is 44.1 Å². The molecule has 3 rings (SSSR count). The van der Waals surface area contributed by atoms with Crippen LogP contribution in [0.15, 0.2) is 34.9 Å². The molecule has 13 heteroatoms. The second kappa shape index (κ2) is 15.4. The van der Waals surface area contributed by atoms with Gasteiger partial charge < -0.3 is 30.4 Å². The highest BCUT2D eigenvalue weighted by Gasteiger charge is 2.38. The summed E-state index contributed by atoms with van der Waals surface area (Å²) in [5.41, 5.74) is 6.35. The Morgan fingerprint density at radius 3 is 2.46 bits per heavy atom. The van der Waals surface area contributed by atoms with Crippen LogP contribution in [0.3, 0.4) is 0 Å². The van der Waals surface area contributed by atoms with Gasteiger partial charge in [0.05, 0.1) is 11.9 Å². The van der Waals surface area contributed by atoms with Crippen molar-refractivity contribution in [1.82, 2.24) is 25.6 Å². The fraction of sp³-hybridized carbons (Fsp3) is 0.538. The van der Waals surface area contributed by atoms with E-state index in [1.54, 1.807) is 6.92 Å². The zero-order valence-corrected chi connectivity index (χ0v) is 23.4. The van der Waals surface area contributed by atoms with Gasteiger partial charge in [-0.25, -0.2) is 5.43 Å². The van der Waals surface area contributed by atoms with Crippen LogP contribution in [0.25, 0.3) is 0 Å². The summed E-state index contributed by atoms with van der Waals surface area (Å²) in [5, 5.41) is 24.6. The fourth-order valence-electron chi connectivity index (χ4n) is 4.23. The number of nitriles is 1. The van der Waals surface area contributed by atoms with Crippen molar-refractivity contribution in [3.05, 3.63) is 34.9 Å². The molecule has 12 nitrogen and oxygen atoms in total. The smallest absolute Gasteiger partial charge is 0.278 e. The topological polar surface area (TPSA) is 153 Å². The van der Waals surface area contributed by atoms with Crippen LogP contribution in [0.1, 0.15) is 19.8 Å². The average Bonchev–Trinajstić information content (AvgIpc) is 3.24. The van der Waals surface area contributed by atoms with Gasteiger partial charge in [-0.05, 0) is 44.7 Å². The minimum atomic E-state index is -0.648. The number of aliphatic hydroxyl groups is 1. The van der Waals surface area contributed by atoms with Gasteiger partial charge in [0.1, 0.15) is 16.7 Å². The number of nitrogens with one attached hydrogen (secondary N) is 4. The van der Waals surface area contributed by atoms with Gasteiger partial charge in [0.2, 0.25) is 11.8 Å². The number of benzene rings is 1. The molecule has 5 N–H and O–H groups in total. The molecule has 0 unspecified atom stereocenters. The summed E-state index contributed by atoms with van der Waals surface area (Å²) in [6.45, 7) is 7.40. The van der Waals surface area contributed by atoms with E-state index in [0.29, 0.717) is 31.0 Å². The molecule has 1 aromatic carbocycles. The quantitative estimate of drug-likeness (QED) is 0.0994. The molecular weight excluding hydrogens is 520 g/mol. The number of carbonyl (C=O) groups is 3. The molecule has 0 saturated carbocycles. The molecule has 0 spiro atoms. The minimum absolute atomic E-state index is 0.00894. The average molecular weight is 559 g/mol. The molecular formula is C26H38N8O4S. The summed E-state index contributed by atoms with van der Waals surface area (Å²) < 4.78 is 0. The predicted molar refractivity (Wildman–Crippen MR) is 151 cm³/mol. The van der Waals surface area contributed by atoms with Crippen LogP contribution in [0, 0.1) is 11.3 Å². The van der Waals surface area contributed by atoms with Crippen molar-refractivity contribution in [2.75, 3.05) is 76.6 Å². The van der Waals surface area contributed by atoms with Crippen molar-refractivity contribution in [3.63, 3.8) is 0 Å². The Balaban J connectivity index is 1.46. The van der Waals surface area contributed by atoms with Gasteiger partial charge in [-0.15, -0.1) is 0 Å². The Labute approximate surface area is 233 Å². The lowest BCUT2D eigenvalue weighted by Gasteiger charge is -2.32. The van der Waals surface area contributed by atoms with E-state index < -0.39 is 11.2 Å². The summed E-state index contributed by atoms with van der Waals surface area (Å²) in [7, 11) is 2.11. The zero-order chi connectivity index (χ0) is 28.2. The van der Waals surface area contributed by atoms with Crippen molar-refractivity contribution in [2.45, 2.75) is 25.0 Å². The Morgan fingerprint density at radius 2 is 1.82 bits per heavy atom. The van der Waals surface area contributed by atoms with Gasteiger partial charge in [-0.3, -0.25) is 19.8 Å². The maximum absolute atomic E-state index is 12.9. The minimum Gasteiger partial charge on any atom is -0.395 e. The Kier molecular flexibility index (Phi) is 12.0. The lowest BCUT2D eigenvalue weighted by Crippen LogP contribution is -2.45. The van der Waals surface area contributed by atoms with E-state index in [-0.39, 0.29) is 30.5 Å². The molecule has 0 radical (unpaired) electrons. The molecule has 1 atom stereocenters. The van der Waals surface area contributed by atoms with E-state index in [2.05, 4.69) is 38.3 Å². The first kappa shape index (κ1) is 30.4. The third-order valence-corrected chi connectivity index (χ3v) is 7.87. The number of rotatable bonds is 13. The first-order valence-electron chi connectivity index (χ1n) is 13.2. The number of hydrogen-bond acceptors (Lipinski definition) is 10. The van der Waals surface area contributed by atoms with Gasteiger partial charge in [-0.1, -0.05) is 11.8 Å². The van der Waals surface area contributed by atoms with Gasteiger partial charge in [0.15, 0.2) is 0 Å². The number of thioether (sulfide) groups is 1. The maximum atomic E-state index is 12.9. The summed E-state index contributed by atoms with van der Waals surface area (Å²) in [6.07, 6.45) is 0.952. The number of nitrogens with zero attached hydrogens (tertiary/aromatic N) is 4. The van der Waals surface area contributed by atoms with Crippen LogP contribution in [-0.4, -0.2) is 109 Å². The number of aliphatic hydroxyl groups excluding tert-OH is 1. The molecule has 2 saturated heterocycles. The van der Waals surface area contributed by atoms with Crippen LogP contribution >= 0.6 is 11.8 Å². The SMILES string of the molecule is CCN1C(=O)[C@@H](CCNc2ccc(NC(=O)CCN3CCN(C)CC3)cc2)S/C1=C(/C#N)C(=O)NNCCO. The number of carbonyl (C=O) groups excluding carboxylic acids is 3. The van der Waals surface area contributed by atoms with E-state index in [9.17, 15) is 19.6 Å². The molecule has 2 heterocycles. The summed E-state index contributed by atoms with van der Waals surface area (Å²) in [6, 6.07) is 9.34. The monoisotopic (exact) mass is 558 g/mol. The molecule has 0 aliphatic carbocycles. The number of amides is 3. The highest BCUT2D eigenvalue weighted by Crippen LogP contribution is 2.38. The largest absolute Gasteiger partial charge is 0.395 e. The fourth-order valence-corrected chi connectivity index (χ4v) is 5.56. The number of hydrogen-bond donors (Lipinski definition) is 5. The molecule has 2 aliphatic rings. The first-order chi connectivity index (χ1) is 18.9. The lowest BCUT2D eigenvalue weighted by atomic mass is 10.2. The van der Waals surface area contributed by atoms with E-state index >= 15 is 0 Å². The molecule has 2 fully saturated rings. The van der Waals surface area contributed by atoms with Crippen LogP contribution < -0.4 is 21.5 Å². The molecule has 39 heavy (non-hydrogen) atoms. The molecule has 3 amide bonds. The lowest BCUT2D eigenvalue weighted by molar-refractivity contribution is -0.127. The van der Waals surface area contributed by atoms with Crippen LogP contribution in [0.2, 0.25) is 0 Å². The summed E-state index contributed by atoms with van der Waals surface area (Å²) in [4.78, 5) is 43.7. The van der Waals surface area contributed by atoms with Crippen molar-refractivity contribution in [3.8, 4) is 6.07 Å². The van der Waals surface area contributed by atoms with Gasteiger partial charge >= 0.3 is 0 Å². The van der Waals surface area contributed by atoms with Crippen LogP contribution in [-0.2, 0) is 14.4 Å². The normalized spacial score (nSPS) is 19.5. The number of anilines is 2. The van der Waals surface area contributed by atoms with Crippen LogP contribution in [0.5, 0.6) is 0 Å². The highest BCUT2D eigenvalue weighted by atomic mass is 32.2. The molecule has 0 bridgehead atoms. The highest BCUT2D eigenvalue weighted by molar-refractivity contribution is 8.04. The van der Waals surface area contributed by atoms with Crippen LogP contribution in [0.4, 0.5) is 11.4 Å². The Morgan fingerprint density at radius 1 is 1.13 bits per heavy atom. The third-order valence-electron chi connectivity index (χ3n) is 6.50. The van der Waals surface area contributed by atoms with Crippen molar-refractivity contribution >= 4 is 40.9 Å². The van der Waals surface area contributed by atoms with Crippen molar-refractivity contribution in [1.29, 1.82) is 5.26 Å². The second-order valence-corrected chi connectivity index (χ2v) is 10.5. The first-order valence-corrected chi connectivity index (χ1v) is 14.0. The Hall–Kier alpha value is -3.15. The van der Waals surface area contributed by atoms with Gasteiger partial charge in [0.25, 0.3) is 5.91 Å². The van der Waals surface area contributed by atoms with Gasteiger partial charge in [0, 0.05) is 70.2 Å². The van der Waals surface area contributed by atoms with Crippen molar-refractivity contribution < 1.29 is 19.5 Å². The van der Waals surface area contributed by atoms with E-state index in [1.807, 2.05) is 30.3 Å². The maximum Gasteiger partial charge on any atom is 0.278 e. The van der Waals surface area contributed by atoms with Gasteiger partial charge in [-0.2, -0.15) is 5.26 Å². The third kappa shape index (κ3) is 8.94. The summed E-state index contributed by atoms with van der Waals surface area (Å²) >= 11 is 1.21. The second-order valence-electron chi connectivity index (χ2n) is 9.32. The Bertz CT molecular complexity index is 1070. The zero-order valence-electron chi connectivity index (χ0n) is 22.5. The molecule has 2 aliphatic heterocycles. The standard InChI is InChI=1S/C26H38N8O4S/c1-3-34-25(38)22(39-26(34)21(18-27)24(37)31-29-11-17-35)8-10-28-19-4-6-20(7-5-19)30-23(36)9-12-33-15-13-32(2)14-16-33/h4-7,22,28-29,35H,3,8-17H2,1-2H3,(H,30,36)(H,31,37)/b26-21-/t22-/m1/s1. The number of hydrazine groups is 1. The van der Waals surface area contributed by atoms with Crippen molar-refractivity contribution in [2.24, 2.45) is 0 Å². The number of piperazine rings is 1. The predicted octanol–water partition coefficient (Wildman–Crippen LogP) is 0.377. The molecule has 0 aromatic heterocycles. The molecule has 1 aromatic rings. The van der Waals surface area contributed by atoms with E-state index in [1.165, 1.54) is 16.7 Å². The number of likely N-dealkylation sites (N-methyl/N-ethyl adjacent to an activating group) is 1. The van der Waals surface area contributed by atoms with E-state index in [4.69, 9.17) is 5.11 Å².